The number of aromatic nitrogens is 1. The summed E-state index contributed by atoms with van der Waals surface area (Å²) in [6.45, 7) is 2.08. The van der Waals surface area contributed by atoms with Crippen molar-refractivity contribution in [2.75, 3.05) is 5.32 Å². The molecule has 0 radical (unpaired) electrons. The standard InChI is InChI=1S/C20H17N3O4/c1-14-5-8-17(9-6-14)21-20(25)16-7-10-19(24)22(13-16)12-15-3-2-4-18(11-15)23(26)27/h2-11,13H,12H2,1H3,(H,21,25). The van der Waals surface area contributed by atoms with Crippen LogP contribution in [0.4, 0.5) is 11.4 Å². The van der Waals surface area contributed by atoms with Crippen LogP contribution in [0.1, 0.15) is 21.5 Å². The molecule has 0 aliphatic carbocycles. The first-order valence-corrected chi connectivity index (χ1v) is 8.24. The topological polar surface area (TPSA) is 94.2 Å². The molecule has 0 spiro atoms. The molecule has 2 aromatic carbocycles. The summed E-state index contributed by atoms with van der Waals surface area (Å²) in [4.78, 5) is 35.0. The lowest BCUT2D eigenvalue weighted by Gasteiger charge is -2.09. The van der Waals surface area contributed by atoms with E-state index in [0.717, 1.165) is 5.56 Å². The fraction of sp³-hybridized carbons (Fsp3) is 0.100. The Morgan fingerprint density at radius 3 is 2.56 bits per heavy atom. The van der Waals surface area contributed by atoms with Crippen LogP contribution in [-0.4, -0.2) is 15.4 Å². The van der Waals surface area contributed by atoms with Crippen LogP contribution in [0.25, 0.3) is 0 Å². The number of carbonyl (C=O) groups excluding carboxylic acids is 1. The van der Waals surface area contributed by atoms with E-state index in [1.165, 1.54) is 35.0 Å². The zero-order valence-electron chi connectivity index (χ0n) is 14.6. The molecule has 0 fully saturated rings. The first-order chi connectivity index (χ1) is 12.9. The summed E-state index contributed by atoms with van der Waals surface area (Å²) in [6.07, 6.45) is 1.45. The Hall–Kier alpha value is -3.74. The van der Waals surface area contributed by atoms with Crippen LogP contribution in [0.15, 0.2) is 71.7 Å². The summed E-state index contributed by atoms with van der Waals surface area (Å²) in [5, 5.41) is 13.7. The van der Waals surface area contributed by atoms with Crippen molar-refractivity contribution in [1.29, 1.82) is 0 Å². The Labute approximate surface area is 155 Å². The molecule has 1 N–H and O–H groups in total. The van der Waals surface area contributed by atoms with Gasteiger partial charge in [-0.3, -0.25) is 19.7 Å². The number of carbonyl (C=O) groups is 1. The lowest BCUT2D eigenvalue weighted by atomic mass is 10.2. The van der Waals surface area contributed by atoms with E-state index in [-0.39, 0.29) is 23.7 Å². The lowest BCUT2D eigenvalue weighted by Crippen LogP contribution is -2.22. The molecule has 0 unspecified atom stereocenters. The molecular formula is C20H17N3O4. The Morgan fingerprint density at radius 1 is 1.11 bits per heavy atom. The lowest BCUT2D eigenvalue weighted by molar-refractivity contribution is -0.384. The predicted octanol–water partition coefficient (Wildman–Crippen LogP) is 3.37. The number of nitrogens with one attached hydrogen (secondary N) is 1. The number of nitrogens with zero attached hydrogens (tertiary/aromatic N) is 2. The average Bonchev–Trinajstić information content (AvgIpc) is 2.65. The fourth-order valence-electron chi connectivity index (χ4n) is 2.59. The first kappa shape index (κ1) is 18.1. The molecule has 27 heavy (non-hydrogen) atoms. The Bertz CT molecular complexity index is 1060. The van der Waals surface area contributed by atoms with Gasteiger partial charge < -0.3 is 9.88 Å². The quantitative estimate of drug-likeness (QED) is 0.555. The molecule has 1 amide bonds. The van der Waals surface area contributed by atoms with Crippen molar-refractivity contribution in [3.8, 4) is 0 Å². The second kappa shape index (κ2) is 7.65. The minimum Gasteiger partial charge on any atom is -0.322 e. The smallest absolute Gasteiger partial charge is 0.269 e. The molecule has 0 saturated carbocycles. The van der Waals surface area contributed by atoms with Gasteiger partial charge in [0, 0.05) is 30.1 Å². The summed E-state index contributed by atoms with van der Waals surface area (Å²) in [5.41, 5.74) is 2.31. The molecule has 3 rings (SSSR count). The van der Waals surface area contributed by atoms with Gasteiger partial charge in [0.15, 0.2) is 0 Å². The molecule has 0 bridgehead atoms. The molecule has 3 aromatic rings. The van der Waals surface area contributed by atoms with E-state index in [0.29, 0.717) is 16.8 Å². The molecule has 136 valence electrons. The SMILES string of the molecule is Cc1ccc(NC(=O)c2ccc(=O)n(Cc3cccc([N+](=O)[O-])c3)c2)cc1. The summed E-state index contributed by atoms with van der Waals surface area (Å²) in [5.74, 6) is -0.341. The van der Waals surface area contributed by atoms with Gasteiger partial charge in [-0.15, -0.1) is 0 Å². The van der Waals surface area contributed by atoms with Gasteiger partial charge in [0.2, 0.25) is 0 Å². The van der Waals surface area contributed by atoms with Gasteiger partial charge >= 0.3 is 0 Å². The largest absolute Gasteiger partial charge is 0.322 e. The highest BCUT2D eigenvalue weighted by Crippen LogP contribution is 2.14. The molecule has 0 aliphatic rings. The van der Waals surface area contributed by atoms with Crippen molar-refractivity contribution in [1.82, 2.24) is 4.57 Å². The van der Waals surface area contributed by atoms with Crippen molar-refractivity contribution in [2.45, 2.75) is 13.5 Å². The number of nitro benzene ring substituents is 1. The predicted molar refractivity (Wildman–Crippen MR) is 102 cm³/mol. The molecule has 1 heterocycles. The van der Waals surface area contributed by atoms with Gasteiger partial charge in [0.05, 0.1) is 17.0 Å². The molecule has 0 aliphatic heterocycles. The van der Waals surface area contributed by atoms with Gasteiger partial charge in [-0.1, -0.05) is 29.8 Å². The number of hydrogen-bond acceptors (Lipinski definition) is 4. The fourth-order valence-corrected chi connectivity index (χ4v) is 2.59. The Morgan fingerprint density at radius 2 is 1.85 bits per heavy atom. The number of hydrogen-bond donors (Lipinski definition) is 1. The van der Waals surface area contributed by atoms with Crippen LogP contribution in [-0.2, 0) is 6.54 Å². The van der Waals surface area contributed by atoms with E-state index in [2.05, 4.69) is 5.32 Å². The second-order valence-electron chi connectivity index (χ2n) is 6.13. The van der Waals surface area contributed by atoms with Gasteiger partial charge in [-0.05, 0) is 30.7 Å². The van der Waals surface area contributed by atoms with E-state index in [1.54, 1.807) is 24.3 Å². The molecule has 1 aromatic heterocycles. The third-order valence-corrected chi connectivity index (χ3v) is 4.03. The monoisotopic (exact) mass is 363 g/mol. The van der Waals surface area contributed by atoms with Crippen LogP contribution in [0.3, 0.4) is 0 Å². The van der Waals surface area contributed by atoms with Crippen LogP contribution in [0.5, 0.6) is 0 Å². The average molecular weight is 363 g/mol. The van der Waals surface area contributed by atoms with Crippen molar-refractivity contribution in [2.24, 2.45) is 0 Å². The van der Waals surface area contributed by atoms with Crippen molar-refractivity contribution in [3.05, 3.63) is 104 Å². The summed E-state index contributed by atoms with van der Waals surface area (Å²) in [7, 11) is 0. The summed E-state index contributed by atoms with van der Waals surface area (Å²) < 4.78 is 1.35. The summed E-state index contributed by atoms with van der Waals surface area (Å²) in [6, 6.07) is 16.2. The van der Waals surface area contributed by atoms with Gasteiger partial charge in [-0.2, -0.15) is 0 Å². The number of aryl methyl sites for hydroxylation is 1. The number of rotatable bonds is 5. The molecule has 0 saturated heterocycles. The highest BCUT2D eigenvalue weighted by atomic mass is 16.6. The van der Waals surface area contributed by atoms with E-state index in [1.807, 2.05) is 19.1 Å². The molecule has 7 heteroatoms. The van der Waals surface area contributed by atoms with Gasteiger partial charge in [0.25, 0.3) is 17.2 Å². The third-order valence-electron chi connectivity index (χ3n) is 4.03. The van der Waals surface area contributed by atoms with Gasteiger partial charge in [-0.25, -0.2) is 0 Å². The molecule has 0 atom stereocenters. The van der Waals surface area contributed by atoms with E-state index in [9.17, 15) is 19.7 Å². The minimum atomic E-state index is -0.488. The zero-order valence-corrected chi connectivity index (χ0v) is 14.6. The highest BCUT2D eigenvalue weighted by molar-refractivity contribution is 6.04. The highest BCUT2D eigenvalue weighted by Gasteiger charge is 2.10. The maximum atomic E-state index is 12.4. The maximum absolute atomic E-state index is 12.4. The Balaban J connectivity index is 1.82. The minimum absolute atomic E-state index is 0.0474. The zero-order chi connectivity index (χ0) is 19.4. The van der Waals surface area contributed by atoms with E-state index < -0.39 is 4.92 Å². The number of nitro groups is 1. The van der Waals surface area contributed by atoms with Crippen molar-refractivity contribution < 1.29 is 9.72 Å². The van der Waals surface area contributed by atoms with Crippen molar-refractivity contribution in [3.63, 3.8) is 0 Å². The second-order valence-corrected chi connectivity index (χ2v) is 6.13. The maximum Gasteiger partial charge on any atom is 0.269 e. The number of anilines is 1. The molecular weight excluding hydrogens is 346 g/mol. The number of non-ortho nitro benzene ring substituents is 1. The van der Waals surface area contributed by atoms with Crippen LogP contribution in [0, 0.1) is 17.0 Å². The number of benzene rings is 2. The van der Waals surface area contributed by atoms with E-state index in [4.69, 9.17) is 0 Å². The molecule has 7 nitrogen and oxygen atoms in total. The number of pyridine rings is 1. The Kier molecular flexibility index (Phi) is 5.12. The van der Waals surface area contributed by atoms with Crippen LogP contribution in [0.2, 0.25) is 0 Å². The normalized spacial score (nSPS) is 10.4. The summed E-state index contributed by atoms with van der Waals surface area (Å²) >= 11 is 0. The number of amides is 1. The first-order valence-electron chi connectivity index (χ1n) is 8.24. The third kappa shape index (κ3) is 4.46. The van der Waals surface area contributed by atoms with Crippen LogP contribution < -0.4 is 10.9 Å². The van der Waals surface area contributed by atoms with Gasteiger partial charge in [0.1, 0.15) is 0 Å². The van der Waals surface area contributed by atoms with Crippen LogP contribution >= 0.6 is 0 Å². The van der Waals surface area contributed by atoms with Crippen molar-refractivity contribution >= 4 is 17.3 Å². The van der Waals surface area contributed by atoms with E-state index >= 15 is 0 Å².